The van der Waals surface area contributed by atoms with Gasteiger partial charge in [-0.15, -0.1) is 0 Å². The third-order valence-electron chi connectivity index (χ3n) is 4.70. The predicted octanol–water partition coefficient (Wildman–Crippen LogP) is 3.47. The normalized spacial score (nSPS) is 15.1. The van der Waals surface area contributed by atoms with Gasteiger partial charge in [0.15, 0.2) is 11.4 Å². The van der Waals surface area contributed by atoms with Crippen molar-refractivity contribution in [1.82, 2.24) is 5.16 Å². The van der Waals surface area contributed by atoms with E-state index in [1.54, 1.807) is 7.11 Å². The second-order valence-corrected chi connectivity index (χ2v) is 6.10. The Kier molecular flexibility index (Phi) is 3.76. The standard InChI is InChI=1S/C19H21N3O2/c1-14-6-3-4-7-15(14)21-10-12-22(13-11-21)19-18-16(23-2)8-5-9-17(18)24-20-19/h3-9H,10-13H2,1-2H3. The first-order chi connectivity index (χ1) is 11.8. The van der Waals surface area contributed by atoms with E-state index in [1.807, 2.05) is 18.2 Å². The summed E-state index contributed by atoms with van der Waals surface area (Å²) in [5.41, 5.74) is 3.41. The molecule has 3 aromatic rings. The van der Waals surface area contributed by atoms with Crippen LogP contribution in [0.15, 0.2) is 47.0 Å². The molecule has 1 aliphatic heterocycles. The van der Waals surface area contributed by atoms with Gasteiger partial charge in [-0.2, -0.15) is 0 Å². The zero-order valence-electron chi connectivity index (χ0n) is 14.0. The van der Waals surface area contributed by atoms with E-state index >= 15 is 0 Å². The van der Waals surface area contributed by atoms with Crippen LogP contribution < -0.4 is 14.5 Å². The first-order valence-electron chi connectivity index (χ1n) is 8.26. The predicted molar refractivity (Wildman–Crippen MR) is 96.2 cm³/mol. The number of hydrogen-bond donors (Lipinski definition) is 0. The topological polar surface area (TPSA) is 41.7 Å². The third kappa shape index (κ3) is 2.46. The first kappa shape index (κ1) is 14.9. The van der Waals surface area contributed by atoms with E-state index in [0.717, 1.165) is 48.7 Å². The van der Waals surface area contributed by atoms with Gasteiger partial charge in [0.2, 0.25) is 0 Å². The largest absolute Gasteiger partial charge is 0.496 e. The SMILES string of the molecule is COc1cccc2onc(N3CCN(c4ccccc4C)CC3)c12. The molecule has 1 saturated heterocycles. The number of anilines is 2. The molecule has 4 rings (SSSR count). The van der Waals surface area contributed by atoms with Gasteiger partial charge in [0.25, 0.3) is 0 Å². The lowest BCUT2D eigenvalue weighted by atomic mass is 10.1. The number of fused-ring (bicyclic) bond motifs is 1. The molecule has 0 radical (unpaired) electrons. The lowest BCUT2D eigenvalue weighted by molar-refractivity contribution is 0.419. The second kappa shape index (κ2) is 6.07. The van der Waals surface area contributed by atoms with Crippen molar-refractivity contribution >= 4 is 22.5 Å². The highest BCUT2D eigenvalue weighted by Gasteiger charge is 2.24. The third-order valence-corrected chi connectivity index (χ3v) is 4.70. The number of para-hydroxylation sites is 1. The van der Waals surface area contributed by atoms with Crippen LogP contribution in [0.5, 0.6) is 5.75 Å². The van der Waals surface area contributed by atoms with Gasteiger partial charge in [0.05, 0.1) is 7.11 Å². The van der Waals surface area contributed by atoms with Crippen molar-refractivity contribution in [2.75, 3.05) is 43.1 Å². The molecule has 0 spiro atoms. The van der Waals surface area contributed by atoms with E-state index in [2.05, 4.69) is 46.1 Å². The van der Waals surface area contributed by atoms with Crippen LogP contribution in [0.25, 0.3) is 11.0 Å². The number of piperazine rings is 1. The lowest BCUT2D eigenvalue weighted by Crippen LogP contribution is -2.47. The molecule has 24 heavy (non-hydrogen) atoms. The van der Waals surface area contributed by atoms with Crippen molar-refractivity contribution < 1.29 is 9.26 Å². The molecule has 2 heterocycles. The van der Waals surface area contributed by atoms with Crippen LogP contribution in [0.1, 0.15) is 5.56 Å². The molecule has 0 bridgehead atoms. The minimum atomic E-state index is 0.769. The zero-order chi connectivity index (χ0) is 16.5. The Bertz CT molecular complexity index is 851. The molecule has 1 fully saturated rings. The minimum absolute atomic E-state index is 0.769. The summed E-state index contributed by atoms with van der Waals surface area (Å²) in [6.45, 7) is 5.92. The number of rotatable bonds is 3. The summed E-state index contributed by atoms with van der Waals surface area (Å²) >= 11 is 0. The molecule has 0 atom stereocenters. The maximum atomic E-state index is 5.49. The molecule has 0 unspecified atom stereocenters. The Morgan fingerprint density at radius 3 is 2.46 bits per heavy atom. The van der Waals surface area contributed by atoms with Crippen molar-refractivity contribution in [3.05, 3.63) is 48.0 Å². The monoisotopic (exact) mass is 323 g/mol. The maximum absolute atomic E-state index is 5.49. The summed E-state index contributed by atoms with van der Waals surface area (Å²) in [6.07, 6.45) is 0. The summed E-state index contributed by atoms with van der Waals surface area (Å²) < 4.78 is 11.0. The molecular weight excluding hydrogens is 302 g/mol. The summed E-state index contributed by atoms with van der Waals surface area (Å²) in [6, 6.07) is 14.3. The summed E-state index contributed by atoms with van der Waals surface area (Å²) in [5.74, 6) is 1.69. The Balaban J connectivity index is 1.57. The molecule has 1 aliphatic rings. The number of aryl methyl sites for hydroxylation is 1. The number of nitrogens with zero attached hydrogens (tertiary/aromatic N) is 3. The molecule has 0 amide bonds. The molecule has 2 aromatic carbocycles. The van der Waals surface area contributed by atoms with Gasteiger partial charge in [-0.25, -0.2) is 0 Å². The van der Waals surface area contributed by atoms with Gasteiger partial charge in [-0.3, -0.25) is 0 Å². The van der Waals surface area contributed by atoms with Gasteiger partial charge < -0.3 is 19.1 Å². The van der Waals surface area contributed by atoms with E-state index in [9.17, 15) is 0 Å². The molecule has 0 saturated carbocycles. The van der Waals surface area contributed by atoms with E-state index < -0.39 is 0 Å². The maximum Gasteiger partial charge on any atom is 0.183 e. The number of benzene rings is 2. The smallest absolute Gasteiger partial charge is 0.183 e. The highest BCUT2D eigenvalue weighted by molar-refractivity contribution is 5.94. The molecule has 5 heteroatoms. The van der Waals surface area contributed by atoms with E-state index in [-0.39, 0.29) is 0 Å². The summed E-state index contributed by atoms with van der Waals surface area (Å²) in [4.78, 5) is 4.72. The highest BCUT2D eigenvalue weighted by Crippen LogP contribution is 2.34. The number of ether oxygens (including phenoxy) is 1. The van der Waals surface area contributed by atoms with Crippen molar-refractivity contribution in [2.24, 2.45) is 0 Å². The molecular formula is C19H21N3O2. The van der Waals surface area contributed by atoms with Gasteiger partial charge in [-0.05, 0) is 30.7 Å². The number of methoxy groups -OCH3 is 1. The van der Waals surface area contributed by atoms with E-state index in [0.29, 0.717) is 0 Å². The van der Waals surface area contributed by atoms with Crippen molar-refractivity contribution in [1.29, 1.82) is 0 Å². The molecule has 0 aliphatic carbocycles. The van der Waals surface area contributed by atoms with E-state index in [1.165, 1.54) is 11.3 Å². The quantitative estimate of drug-likeness (QED) is 0.738. The number of hydrogen-bond acceptors (Lipinski definition) is 5. The Morgan fingerprint density at radius 2 is 1.71 bits per heavy atom. The van der Waals surface area contributed by atoms with Crippen LogP contribution in [0, 0.1) is 6.92 Å². The fourth-order valence-corrected chi connectivity index (χ4v) is 3.41. The summed E-state index contributed by atoms with van der Waals surface area (Å²) in [7, 11) is 1.68. The zero-order valence-corrected chi connectivity index (χ0v) is 14.0. The molecule has 124 valence electrons. The highest BCUT2D eigenvalue weighted by atomic mass is 16.5. The van der Waals surface area contributed by atoms with Crippen LogP contribution in [-0.4, -0.2) is 38.4 Å². The van der Waals surface area contributed by atoms with Crippen LogP contribution >= 0.6 is 0 Å². The van der Waals surface area contributed by atoms with Crippen molar-refractivity contribution in [2.45, 2.75) is 6.92 Å². The van der Waals surface area contributed by atoms with Crippen molar-refractivity contribution in [3.63, 3.8) is 0 Å². The van der Waals surface area contributed by atoms with Gasteiger partial charge in [0, 0.05) is 31.9 Å². The second-order valence-electron chi connectivity index (χ2n) is 6.10. The van der Waals surface area contributed by atoms with Crippen LogP contribution in [-0.2, 0) is 0 Å². The Hall–Kier alpha value is -2.69. The Morgan fingerprint density at radius 1 is 0.958 bits per heavy atom. The van der Waals surface area contributed by atoms with Gasteiger partial charge in [0.1, 0.15) is 11.1 Å². The molecule has 5 nitrogen and oxygen atoms in total. The average molecular weight is 323 g/mol. The minimum Gasteiger partial charge on any atom is -0.496 e. The molecule has 0 N–H and O–H groups in total. The number of aromatic nitrogens is 1. The van der Waals surface area contributed by atoms with Crippen LogP contribution in [0.2, 0.25) is 0 Å². The van der Waals surface area contributed by atoms with Crippen molar-refractivity contribution in [3.8, 4) is 5.75 Å². The average Bonchev–Trinajstić information content (AvgIpc) is 3.06. The van der Waals surface area contributed by atoms with Gasteiger partial charge in [-0.1, -0.05) is 29.4 Å². The summed E-state index contributed by atoms with van der Waals surface area (Å²) in [5, 5.41) is 5.26. The lowest BCUT2D eigenvalue weighted by Gasteiger charge is -2.36. The van der Waals surface area contributed by atoms with Gasteiger partial charge >= 0.3 is 0 Å². The van der Waals surface area contributed by atoms with Crippen LogP contribution in [0.4, 0.5) is 11.5 Å². The Labute approximate surface area is 141 Å². The first-order valence-corrected chi connectivity index (χ1v) is 8.26. The fraction of sp³-hybridized carbons (Fsp3) is 0.316. The van der Waals surface area contributed by atoms with Crippen LogP contribution in [0.3, 0.4) is 0 Å². The van der Waals surface area contributed by atoms with E-state index in [4.69, 9.17) is 9.26 Å². The molecule has 1 aromatic heterocycles. The fourth-order valence-electron chi connectivity index (χ4n) is 3.41.